The van der Waals surface area contributed by atoms with Gasteiger partial charge in [-0.25, -0.2) is 9.59 Å². The highest BCUT2D eigenvalue weighted by molar-refractivity contribution is 6.14. The van der Waals surface area contributed by atoms with E-state index in [9.17, 15) is 9.59 Å². The van der Waals surface area contributed by atoms with E-state index in [1.807, 2.05) is 0 Å². The molecule has 0 atom stereocenters. The van der Waals surface area contributed by atoms with Crippen LogP contribution in [0.15, 0.2) is 11.5 Å². The third-order valence-corrected chi connectivity index (χ3v) is 1.35. The summed E-state index contributed by atoms with van der Waals surface area (Å²) in [5.74, 6) is -2.00. The minimum Gasteiger partial charge on any atom is -0.468 e. The lowest BCUT2D eigenvalue weighted by Crippen LogP contribution is -2.19. The molecule has 0 aromatic heterocycles. The molecule has 0 heterocycles. The van der Waals surface area contributed by atoms with Crippen LogP contribution in [-0.2, 0) is 28.5 Å². The molecule has 0 fully saturated rings. The zero-order chi connectivity index (χ0) is 11.1. The topological polar surface area (TPSA) is 71.1 Å². The molecule has 0 aliphatic rings. The largest absolute Gasteiger partial charge is 0.468 e. The zero-order valence-electron chi connectivity index (χ0n) is 8.45. The number of hydrogen-bond acceptors (Lipinski definition) is 6. The van der Waals surface area contributed by atoms with E-state index in [4.69, 9.17) is 0 Å². The van der Waals surface area contributed by atoms with E-state index in [1.165, 1.54) is 14.2 Å². The van der Waals surface area contributed by atoms with Gasteiger partial charge >= 0.3 is 17.9 Å². The van der Waals surface area contributed by atoms with Crippen LogP contribution in [0.25, 0.3) is 0 Å². The molecule has 0 amide bonds. The zero-order valence-corrected chi connectivity index (χ0v) is 8.45. The van der Waals surface area contributed by atoms with E-state index in [0.717, 1.165) is 14.2 Å². The summed E-state index contributed by atoms with van der Waals surface area (Å²) in [6.45, 7) is 0. The predicted molar refractivity (Wildman–Crippen MR) is 45.1 cm³/mol. The first-order valence-electron chi connectivity index (χ1n) is 3.61. The van der Waals surface area contributed by atoms with Crippen LogP contribution in [0.5, 0.6) is 0 Å². The summed E-state index contributed by atoms with van der Waals surface area (Å²) in [6, 6.07) is 0. The van der Waals surface area contributed by atoms with E-state index < -0.39 is 17.5 Å². The van der Waals surface area contributed by atoms with Gasteiger partial charge in [0.1, 0.15) is 0 Å². The Morgan fingerprint density at radius 3 is 1.29 bits per heavy atom. The highest BCUT2D eigenvalue weighted by Gasteiger charge is 2.27. The van der Waals surface area contributed by atoms with Crippen molar-refractivity contribution in [2.45, 2.75) is 0 Å². The number of methoxy groups -OCH3 is 4. The Bertz CT molecular complexity index is 231. The van der Waals surface area contributed by atoms with Crippen molar-refractivity contribution in [1.29, 1.82) is 0 Å². The Balaban J connectivity index is 5.16. The van der Waals surface area contributed by atoms with Gasteiger partial charge in [-0.3, -0.25) is 0 Å². The van der Waals surface area contributed by atoms with Gasteiger partial charge in [0.2, 0.25) is 5.57 Å². The first-order chi connectivity index (χ1) is 6.62. The van der Waals surface area contributed by atoms with Crippen LogP contribution in [0.4, 0.5) is 0 Å². The van der Waals surface area contributed by atoms with Crippen molar-refractivity contribution in [2.24, 2.45) is 0 Å². The smallest absolute Gasteiger partial charge is 0.352 e. The Hall–Kier alpha value is -1.72. The molecule has 6 nitrogen and oxygen atoms in total. The molecule has 14 heavy (non-hydrogen) atoms. The van der Waals surface area contributed by atoms with E-state index in [1.54, 1.807) is 0 Å². The number of carbonyl (C=O) groups excluding carboxylic acids is 2. The second kappa shape index (κ2) is 5.85. The van der Waals surface area contributed by atoms with E-state index in [0.29, 0.717) is 0 Å². The fraction of sp³-hybridized carbons (Fsp3) is 0.500. The fourth-order valence-corrected chi connectivity index (χ4v) is 0.742. The molecule has 0 unspecified atom stereocenters. The van der Waals surface area contributed by atoms with Crippen LogP contribution in [0.1, 0.15) is 0 Å². The van der Waals surface area contributed by atoms with E-state index in [2.05, 4.69) is 18.9 Å². The van der Waals surface area contributed by atoms with Crippen molar-refractivity contribution in [1.82, 2.24) is 0 Å². The Morgan fingerprint density at radius 2 is 1.07 bits per heavy atom. The molecular weight excluding hydrogens is 192 g/mol. The summed E-state index contributed by atoms with van der Waals surface area (Å²) in [6.07, 6.45) is 0. The lowest BCUT2D eigenvalue weighted by Gasteiger charge is -2.08. The fourth-order valence-electron chi connectivity index (χ4n) is 0.742. The highest BCUT2D eigenvalue weighted by Crippen LogP contribution is 2.09. The van der Waals surface area contributed by atoms with Gasteiger partial charge in [-0.05, 0) is 0 Å². The van der Waals surface area contributed by atoms with Gasteiger partial charge in [-0.2, -0.15) is 0 Å². The highest BCUT2D eigenvalue weighted by atomic mass is 16.7. The molecule has 0 aromatic rings. The third-order valence-electron chi connectivity index (χ3n) is 1.35. The number of esters is 2. The maximum atomic E-state index is 11.1. The predicted octanol–water partition coefficient (Wildman–Crippen LogP) is -0.163. The molecule has 0 rings (SSSR count). The summed E-state index contributed by atoms with van der Waals surface area (Å²) < 4.78 is 18.1. The van der Waals surface area contributed by atoms with Crippen molar-refractivity contribution >= 4 is 11.9 Å². The first-order valence-corrected chi connectivity index (χ1v) is 3.61. The van der Waals surface area contributed by atoms with Crippen molar-refractivity contribution in [3.8, 4) is 0 Å². The van der Waals surface area contributed by atoms with Gasteiger partial charge in [-0.1, -0.05) is 0 Å². The molecule has 0 bridgehead atoms. The summed E-state index contributed by atoms with van der Waals surface area (Å²) in [4.78, 5) is 22.3. The van der Waals surface area contributed by atoms with Gasteiger partial charge in [-0.15, -0.1) is 0 Å². The Morgan fingerprint density at radius 1 is 0.714 bits per heavy atom. The molecule has 0 aromatic carbocycles. The van der Waals surface area contributed by atoms with Gasteiger partial charge in [0, 0.05) is 0 Å². The number of rotatable bonds is 4. The van der Waals surface area contributed by atoms with E-state index in [-0.39, 0.29) is 5.95 Å². The van der Waals surface area contributed by atoms with Crippen LogP contribution >= 0.6 is 0 Å². The standard InChI is InChI=1S/C8H12O6/c1-11-6(9)5(7(10)12-2)8(13-3)14-4/h1-4H3. The second-order valence-corrected chi connectivity index (χ2v) is 2.05. The minimum atomic E-state index is -0.879. The second-order valence-electron chi connectivity index (χ2n) is 2.05. The molecule has 80 valence electrons. The first kappa shape index (κ1) is 12.3. The van der Waals surface area contributed by atoms with Gasteiger partial charge in [0.05, 0.1) is 28.4 Å². The van der Waals surface area contributed by atoms with E-state index >= 15 is 0 Å². The molecule has 0 N–H and O–H groups in total. The summed E-state index contributed by atoms with van der Waals surface area (Å²) >= 11 is 0. The molecule has 0 aliphatic carbocycles. The molecule has 0 aliphatic heterocycles. The molecule has 0 saturated carbocycles. The maximum Gasteiger partial charge on any atom is 0.352 e. The Kier molecular flexibility index (Phi) is 5.13. The van der Waals surface area contributed by atoms with Crippen LogP contribution < -0.4 is 0 Å². The van der Waals surface area contributed by atoms with Crippen molar-refractivity contribution in [3.05, 3.63) is 11.5 Å². The van der Waals surface area contributed by atoms with Crippen molar-refractivity contribution < 1.29 is 28.5 Å². The third kappa shape index (κ3) is 2.65. The molecule has 0 radical (unpaired) electrons. The molecule has 0 spiro atoms. The van der Waals surface area contributed by atoms with Gasteiger partial charge in [0.25, 0.3) is 0 Å². The normalized spacial score (nSPS) is 8.57. The van der Waals surface area contributed by atoms with Crippen LogP contribution in [0.2, 0.25) is 0 Å². The number of hydrogen-bond donors (Lipinski definition) is 0. The minimum absolute atomic E-state index is 0.247. The number of carbonyl (C=O) groups is 2. The van der Waals surface area contributed by atoms with Crippen molar-refractivity contribution in [3.63, 3.8) is 0 Å². The average molecular weight is 204 g/mol. The van der Waals surface area contributed by atoms with Crippen LogP contribution in [-0.4, -0.2) is 40.4 Å². The molecule has 0 saturated heterocycles. The lowest BCUT2D eigenvalue weighted by atomic mass is 10.3. The maximum absolute atomic E-state index is 11.1. The quantitative estimate of drug-likeness (QED) is 0.208. The van der Waals surface area contributed by atoms with Crippen LogP contribution in [0.3, 0.4) is 0 Å². The summed E-state index contributed by atoms with van der Waals surface area (Å²) in [5.41, 5.74) is -0.417. The molecule has 6 heteroatoms. The summed E-state index contributed by atoms with van der Waals surface area (Å²) in [7, 11) is 4.78. The van der Waals surface area contributed by atoms with Gasteiger partial charge in [0.15, 0.2) is 0 Å². The van der Waals surface area contributed by atoms with Crippen molar-refractivity contribution in [2.75, 3.05) is 28.4 Å². The SMILES string of the molecule is COC(=O)C(C(=O)OC)=C(OC)OC. The molecular formula is C8H12O6. The lowest BCUT2D eigenvalue weighted by molar-refractivity contribution is -0.145. The Labute approximate surface area is 81.4 Å². The average Bonchev–Trinajstić information content (AvgIpc) is 2.23. The van der Waals surface area contributed by atoms with Gasteiger partial charge < -0.3 is 18.9 Å². The van der Waals surface area contributed by atoms with Crippen LogP contribution in [0, 0.1) is 0 Å². The summed E-state index contributed by atoms with van der Waals surface area (Å²) in [5, 5.41) is 0. The monoisotopic (exact) mass is 204 g/mol. The number of ether oxygens (including phenoxy) is 4.